The minimum Gasteiger partial charge on any atom is -0.496 e. The Morgan fingerprint density at radius 2 is 1.94 bits per heavy atom. The number of aryl methyl sites for hydroxylation is 1. The molecule has 0 unspecified atom stereocenters. The number of hydrogen-bond donors (Lipinski definition) is 1. The molecule has 1 N–H and O–H groups in total. The average molecular weight is 232 g/mol. The van der Waals surface area contributed by atoms with E-state index in [4.69, 9.17) is 4.74 Å². The molecule has 1 aromatic rings. The van der Waals surface area contributed by atoms with E-state index in [0.29, 0.717) is 0 Å². The van der Waals surface area contributed by atoms with Gasteiger partial charge < -0.3 is 9.84 Å². The van der Waals surface area contributed by atoms with Crippen LogP contribution in [-0.4, -0.2) is 12.2 Å². The second-order valence-electron chi connectivity index (χ2n) is 5.46. The van der Waals surface area contributed by atoms with Crippen molar-refractivity contribution in [3.8, 4) is 5.75 Å². The fraction of sp³-hybridized carbons (Fsp3) is 0.600. The lowest BCUT2D eigenvalue weighted by molar-refractivity contribution is 0.146. The van der Waals surface area contributed by atoms with Crippen molar-refractivity contribution in [2.24, 2.45) is 0 Å². The molecule has 0 heterocycles. The molecule has 0 aliphatic heterocycles. The molecule has 0 amide bonds. The predicted octanol–water partition coefficient (Wildman–Crippen LogP) is 2.86. The lowest BCUT2D eigenvalue weighted by atomic mass is 9.84. The molecule has 0 aromatic heterocycles. The van der Waals surface area contributed by atoms with Crippen LogP contribution in [0.2, 0.25) is 0 Å². The number of fused-ring (bicyclic) bond motifs is 1. The zero-order valence-electron chi connectivity index (χ0n) is 10.7. The maximum absolute atomic E-state index is 10.4. The van der Waals surface area contributed by atoms with Gasteiger partial charge in [0.1, 0.15) is 5.75 Å². The lowest BCUT2D eigenvalue weighted by Gasteiger charge is -2.25. The molecule has 1 fully saturated rings. The molecule has 1 saturated carbocycles. The van der Waals surface area contributed by atoms with Crippen LogP contribution in [0.4, 0.5) is 0 Å². The van der Waals surface area contributed by atoms with Crippen LogP contribution in [0.15, 0.2) is 6.07 Å². The summed E-state index contributed by atoms with van der Waals surface area (Å²) in [7, 11) is 1.71. The fourth-order valence-corrected chi connectivity index (χ4v) is 3.19. The van der Waals surface area contributed by atoms with Gasteiger partial charge in [-0.2, -0.15) is 0 Å². The van der Waals surface area contributed by atoms with Crippen molar-refractivity contribution in [3.63, 3.8) is 0 Å². The zero-order valence-corrected chi connectivity index (χ0v) is 10.7. The Hall–Kier alpha value is -1.02. The summed E-state index contributed by atoms with van der Waals surface area (Å²) in [6.07, 6.45) is 6.63. The molecule has 0 bridgehead atoms. The summed E-state index contributed by atoms with van der Waals surface area (Å²) in [6, 6.07) is 2.16. The molecule has 0 atom stereocenters. The molecule has 2 nitrogen and oxygen atoms in total. The van der Waals surface area contributed by atoms with Crippen molar-refractivity contribution >= 4 is 0 Å². The average Bonchev–Trinajstić information content (AvgIpc) is 3.07. The van der Waals surface area contributed by atoms with E-state index in [1.807, 2.05) is 0 Å². The van der Waals surface area contributed by atoms with Gasteiger partial charge in [0, 0.05) is 5.56 Å². The summed E-state index contributed by atoms with van der Waals surface area (Å²) >= 11 is 0. The molecule has 2 aliphatic carbocycles. The van der Waals surface area contributed by atoms with Crippen molar-refractivity contribution in [1.29, 1.82) is 0 Å². The third kappa shape index (κ3) is 1.66. The van der Waals surface area contributed by atoms with E-state index in [1.54, 1.807) is 7.11 Å². The second kappa shape index (κ2) is 3.74. The summed E-state index contributed by atoms with van der Waals surface area (Å²) in [5, 5.41) is 10.4. The van der Waals surface area contributed by atoms with Crippen molar-refractivity contribution in [2.75, 3.05) is 7.11 Å². The third-order valence-corrected chi connectivity index (χ3v) is 4.30. The largest absolute Gasteiger partial charge is 0.496 e. The fourth-order valence-electron chi connectivity index (χ4n) is 3.19. The minimum absolute atomic E-state index is 0.595. The van der Waals surface area contributed by atoms with Crippen molar-refractivity contribution < 1.29 is 9.84 Å². The third-order valence-electron chi connectivity index (χ3n) is 4.30. The number of benzene rings is 1. The highest BCUT2D eigenvalue weighted by molar-refractivity contribution is 5.54. The van der Waals surface area contributed by atoms with Gasteiger partial charge in [-0.1, -0.05) is 0 Å². The van der Waals surface area contributed by atoms with E-state index >= 15 is 0 Å². The highest BCUT2D eigenvalue weighted by Gasteiger charge is 2.46. The Labute approximate surface area is 103 Å². The van der Waals surface area contributed by atoms with Crippen molar-refractivity contribution in [2.45, 2.75) is 51.0 Å². The molecule has 0 radical (unpaired) electrons. The molecule has 3 rings (SSSR count). The predicted molar refractivity (Wildman–Crippen MR) is 67.5 cm³/mol. The van der Waals surface area contributed by atoms with Gasteiger partial charge in [-0.05, 0) is 68.2 Å². The smallest absolute Gasteiger partial charge is 0.125 e. The number of hydrogen-bond acceptors (Lipinski definition) is 2. The molecule has 0 spiro atoms. The van der Waals surface area contributed by atoms with Crippen LogP contribution in [0.25, 0.3) is 0 Å². The molecule has 1 aromatic carbocycles. The van der Waals surface area contributed by atoms with Gasteiger partial charge in [-0.15, -0.1) is 0 Å². The monoisotopic (exact) mass is 232 g/mol. The SMILES string of the molecule is COc1cc2c(c(C)c1C1(O)CC1)CCCC2. The highest BCUT2D eigenvalue weighted by atomic mass is 16.5. The van der Waals surface area contributed by atoms with Crippen LogP contribution in [0.1, 0.15) is 47.9 Å². The Morgan fingerprint density at radius 1 is 1.24 bits per heavy atom. The van der Waals surface area contributed by atoms with Gasteiger partial charge in [0.15, 0.2) is 0 Å². The first-order valence-electron chi connectivity index (χ1n) is 6.58. The highest BCUT2D eigenvalue weighted by Crippen LogP contribution is 2.51. The summed E-state index contributed by atoms with van der Waals surface area (Å²) in [6.45, 7) is 2.15. The maximum Gasteiger partial charge on any atom is 0.125 e. The van der Waals surface area contributed by atoms with Gasteiger partial charge in [-0.3, -0.25) is 0 Å². The van der Waals surface area contributed by atoms with E-state index in [0.717, 1.165) is 37.0 Å². The summed E-state index contributed by atoms with van der Waals surface area (Å²) in [4.78, 5) is 0. The first-order chi connectivity index (χ1) is 8.15. The van der Waals surface area contributed by atoms with Crippen LogP contribution < -0.4 is 4.74 Å². The van der Waals surface area contributed by atoms with E-state index in [1.165, 1.54) is 29.5 Å². The van der Waals surface area contributed by atoms with Gasteiger partial charge in [-0.25, -0.2) is 0 Å². The van der Waals surface area contributed by atoms with Crippen molar-refractivity contribution in [1.82, 2.24) is 0 Å². The molecule has 0 saturated heterocycles. The number of ether oxygens (including phenoxy) is 1. The zero-order chi connectivity index (χ0) is 12.0. The first kappa shape index (κ1) is 11.1. The molecule has 2 heteroatoms. The molecule has 17 heavy (non-hydrogen) atoms. The van der Waals surface area contributed by atoms with Crippen molar-refractivity contribution in [3.05, 3.63) is 28.3 Å². The Bertz CT molecular complexity index is 458. The van der Waals surface area contributed by atoms with Crippen LogP contribution in [-0.2, 0) is 18.4 Å². The van der Waals surface area contributed by atoms with E-state index < -0.39 is 5.60 Å². The summed E-state index contributed by atoms with van der Waals surface area (Å²) in [5.74, 6) is 0.892. The Kier molecular flexibility index (Phi) is 2.44. The molecule has 92 valence electrons. The second-order valence-corrected chi connectivity index (χ2v) is 5.46. The van der Waals surface area contributed by atoms with Gasteiger partial charge in [0.25, 0.3) is 0 Å². The number of methoxy groups -OCH3 is 1. The molecular formula is C15H20O2. The first-order valence-corrected chi connectivity index (χ1v) is 6.58. The number of aliphatic hydroxyl groups is 1. The van der Waals surface area contributed by atoms with Gasteiger partial charge in [0.05, 0.1) is 12.7 Å². The summed E-state index contributed by atoms with van der Waals surface area (Å²) < 4.78 is 5.50. The van der Waals surface area contributed by atoms with Crippen LogP contribution in [0.3, 0.4) is 0 Å². The molecule has 2 aliphatic rings. The van der Waals surface area contributed by atoms with Crippen LogP contribution in [0, 0.1) is 6.92 Å². The van der Waals surface area contributed by atoms with Crippen LogP contribution in [0.5, 0.6) is 5.75 Å². The van der Waals surface area contributed by atoms with E-state index in [-0.39, 0.29) is 0 Å². The van der Waals surface area contributed by atoms with Gasteiger partial charge in [0.2, 0.25) is 0 Å². The molecular weight excluding hydrogens is 212 g/mol. The summed E-state index contributed by atoms with van der Waals surface area (Å²) in [5.41, 5.74) is 4.63. The Balaban J connectivity index is 2.19. The standard InChI is InChI=1S/C15H20O2/c1-10-12-6-4-3-5-11(12)9-13(17-2)14(10)15(16)7-8-15/h9,16H,3-8H2,1-2H3. The number of rotatable bonds is 2. The topological polar surface area (TPSA) is 29.5 Å². The van der Waals surface area contributed by atoms with Gasteiger partial charge >= 0.3 is 0 Å². The normalized spacial score (nSPS) is 20.9. The lowest BCUT2D eigenvalue weighted by Crippen LogP contribution is -2.14. The Morgan fingerprint density at radius 3 is 2.59 bits per heavy atom. The van der Waals surface area contributed by atoms with E-state index in [2.05, 4.69) is 13.0 Å². The minimum atomic E-state index is -0.595. The van der Waals surface area contributed by atoms with Crippen LogP contribution >= 0.6 is 0 Å². The maximum atomic E-state index is 10.4. The quantitative estimate of drug-likeness (QED) is 0.849. The van der Waals surface area contributed by atoms with E-state index in [9.17, 15) is 5.11 Å².